The average Bonchev–Trinajstić information content (AvgIpc) is 2.00. The van der Waals surface area contributed by atoms with Crippen LogP contribution in [0.25, 0.3) is 0 Å². The first-order valence-corrected chi connectivity index (χ1v) is 3.82. The quantitative estimate of drug-likeness (QED) is 0.439. The maximum atomic E-state index is 10.7. The van der Waals surface area contributed by atoms with Gasteiger partial charge in [0.15, 0.2) is 0 Å². The first kappa shape index (κ1) is 10.9. The minimum atomic E-state index is -0.370. The topological polar surface area (TPSA) is 67.4 Å². The summed E-state index contributed by atoms with van der Waals surface area (Å²) in [5.74, 6) is -0.608. The summed E-state index contributed by atoms with van der Waals surface area (Å²) in [5.41, 5.74) is 4.68. The monoisotopic (exact) mass is 174 g/mol. The molecule has 0 fully saturated rings. The van der Waals surface area contributed by atoms with Gasteiger partial charge in [-0.2, -0.15) is 0 Å². The third-order valence-electron chi connectivity index (χ3n) is 0.964. The third-order valence-corrected chi connectivity index (χ3v) is 0.964. The molecule has 0 aliphatic rings. The number of nitrogens with one attached hydrogen (secondary N) is 2. The van der Waals surface area contributed by atoms with Gasteiger partial charge in [-0.1, -0.05) is 6.92 Å². The maximum absolute atomic E-state index is 10.7. The van der Waals surface area contributed by atoms with Crippen molar-refractivity contribution in [1.29, 1.82) is 0 Å². The predicted molar refractivity (Wildman–Crippen MR) is 43.1 cm³/mol. The molecule has 0 aliphatic carbocycles. The second-order valence-electron chi connectivity index (χ2n) is 2.26. The number of rotatable bonds is 5. The number of esters is 1. The van der Waals surface area contributed by atoms with E-state index in [1.807, 2.05) is 6.92 Å². The summed E-state index contributed by atoms with van der Waals surface area (Å²) in [6, 6.07) is 0. The van der Waals surface area contributed by atoms with Crippen LogP contribution in [0.15, 0.2) is 0 Å². The van der Waals surface area contributed by atoms with Crippen LogP contribution in [-0.2, 0) is 14.3 Å². The van der Waals surface area contributed by atoms with Crippen LogP contribution in [0.1, 0.15) is 20.3 Å². The van der Waals surface area contributed by atoms with E-state index in [0.717, 1.165) is 6.42 Å². The van der Waals surface area contributed by atoms with Gasteiger partial charge in [0.2, 0.25) is 5.91 Å². The van der Waals surface area contributed by atoms with Crippen molar-refractivity contribution in [3.05, 3.63) is 0 Å². The summed E-state index contributed by atoms with van der Waals surface area (Å²) in [4.78, 5) is 21.1. The molecule has 0 aromatic heterocycles. The molecule has 5 heteroatoms. The summed E-state index contributed by atoms with van der Waals surface area (Å²) in [6.07, 6.45) is 0.797. The van der Waals surface area contributed by atoms with Gasteiger partial charge < -0.3 is 4.74 Å². The highest BCUT2D eigenvalue weighted by atomic mass is 16.5. The van der Waals surface area contributed by atoms with Crippen molar-refractivity contribution in [2.24, 2.45) is 0 Å². The standard InChI is InChI=1S/C7H14N2O3/c1-3-4-12-7(11)5-8-9-6(2)10/h8H,3-5H2,1-2H3,(H,9,10). The molecule has 0 radical (unpaired) electrons. The Balaban J connectivity index is 3.25. The molecule has 0 saturated carbocycles. The fourth-order valence-corrected chi connectivity index (χ4v) is 0.508. The van der Waals surface area contributed by atoms with Crippen molar-refractivity contribution in [1.82, 2.24) is 10.9 Å². The van der Waals surface area contributed by atoms with Gasteiger partial charge in [0.05, 0.1) is 6.61 Å². The largest absolute Gasteiger partial charge is 0.465 e. The lowest BCUT2D eigenvalue weighted by atomic mass is 10.5. The third kappa shape index (κ3) is 7.01. The zero-order chi connectivity index (χ0) is 9.40. The summed E-state index contributed by atoms with van der Waals surface area (Å²) in [6.45, 7) is 3.68. The molecule has 0 heterocycles. The molecule has 0 aromatic carbocycles. The molecule has 5 nitrogen and oxygen atoms in total. The minimum absolute atomic E-state index is 0.000417. The highest BCUT2D eigenvalue weighted by molar-refractivity contribution is 5.74. The van der Waals surface area contributed by atoms with Gasteiger partial charge in [-0.25, -0.2) is 5.43 Å². The summed E-state index contributed by atoms with van der Waals surface area (Å²) in [5, 5.41) is 0. The molecule has 0 unspecified atom stereocenters. The lowest BCUT2D eigenvalue weighted by Crippen LogP contribution is -2.39. The van der Waals surface area contributed by atoms with Gasteiger partial charge in [-0.05, 0) is 6.42 Å². The van der Waals surface area contributed by atoms with Crippen molar-refractivity contribution in [2.45, 2.75) is 20.3 Å². The van der Waals surface area contributed by atoms with E-state index in [9.17, 15) is 9.59 Å². The number of ether oxygens (including phenoxy) is 1. The Labute approximate surface area is 71.4 Å². The zero-order valence-corrected chi connectivity index (χ0v) is 7.35. The van der Waals surface area contributed by atoms with Crippen LogP contribution in [0.4, 0.5) is 0 Å². The van der Waals surface area contributed by atoms with Crippen LogP contribution in [0.5, 0.6) is 0 Å². The van der Waals surface area contributed by atoms with E-state index in [4.69, 9.17) is 4.74 Å². The Morgan fingerprint density at radius 2 is 2.08 bits per heavy atom. The van der Waals surface area contributed by atoms with Crippen LogP contribution in [0.3, 0.4) is 0 Å². The zero-order valence-electron chi connectivity index (χ0n) is 7.35. The van der Waals surface area contributed by atoms with Crippen molar-refractivity contribution in [3.63, 3.8) is 0 Å². The van der Waals surface area contributed by atoms with Gasteiger partial charge in [-0.15, -0.1) is 0 Å². The Morgan fingerprint density at radius 3 is 2.58 bits per heavy atom. The van der Waals surface area contributed by atoms with E-state index in [0.29, 0.717) is 6.61 Å². The Bertz CT molecular complexity index is 159. The molecule has 0 aromatic rings. The fourth-order valence-electron chi connectivity index (χ4n) is 0.508. The average molecular weight is 174 g/mol. The maximum Gasteiger partial charge on any atom is 0.321 e. The SMILES string of the molecule is CCCOC(=O)CNNC(C)=O. The van der Waals surface area contributed by atoms with E-state index in [-0.39, 0.29) is 18.4 Å². The van der Waals surface area contributed by atoms with Gasteiger partial charge in [0.1, 0.15) is 6.54 Å². The Morgan fingerprint density at radius 1 is 1.42 bits per heavy atom. The van der Waals surface area contributed by atoms with Gasteiger partial charge >= 0.3 is 5.97 Å². The first-order valence-electron chi connectivity index (χ1n) is 3.82. The minimum Gasteiger partial charge on any atom is -0.465 e. The van der Waals surface area contributed by atoms with Crippen molar-refractivity contribution >= 4 is 11.9 Å². The van der Waals surface area contributed by atoms with Crippen LogP contribution in [-0.4, -0.2) is 25.0 Å². The number of carbonyl (C=O) groups is 2. The second kappa shape index (κ2) is 6.60. The fraction of sp³-hybridized carbons (Fsp3) is 0.714. The lowest BCUT2D eigenvalue weighted by Gasteiger charge is -2.04. The smallest absolute Gasteiger partial charge is 0.321 e. The normalized spacial score (nSPS) is 9.17. The van der Waals surface area contributed by atoms with Crippen LogP contribution in [0, 0.1) is 0 Å². The van der Waals surface area contributed by atoms with Gasteiger partial charge in [0.25, 0.3) is 0 Å². The summed E-state index contributed by atoms with van der Waals surface area (Å²) in [7, 11) is 0. The molecule has 0 spiro atoms. The molecule has 0 saturated heterocycles. The van der Waals surface area contributed by atoms with E-state index >= 15 is 0 Å². The lowest BCUT2D eigenvalue weighted by molar-refractivity contribution is -0.142. The van der Waals surface area contributed by atoms with Gasteiger partial charge in [0, 0.05) is 6.92 Å². The number of hydrogen-bond acceptors (Lipinski definition) is 4. The number of amides is 1. The molecule has 0 rings (SSSR count). The highest BCUT2D eigenvalue weighted by Gasteiger charge is 2.00. The molecule has 0 aliphatic heterocycles. The van der Waals surface area contributed by atoms with E-state index in [1.54, 1.807) is 0 Å². The van der Waals surface area contributed by atoms with Crippen LogP contribution >= 0.6 is 0 Å². The molecule has 1 amide bonds. The molecule has 2 N–H and O–H groups in total. The van der Waals surface area contributed by atoms with Crippen molar-refractivity contribution in [3.8, 4) is 0 Å². The number of carbonyl (C=O) groups excluding carboxylic acids is 2. The number of hydrogen-bond donors (Lipinski definition) is 2. The van der Waals surface area contributed by atoms with E-state index in [1.165, 1.54) is 6.92 Å². The van der Waals surface area contributed by atoms with Gasteiger partial charge in [-0.3, -0.25) is 15.0 Å². The van der Waals surface area contributed by atoms with Crippen molar-refractivity contribution in [2.75, 3.05) is 13.2 Å². The number of hydrazine groups is 1. The molecular formula is C7H14N2O3. The van der Waals surface area contributed by atoms with Crippen LogP contribution in [0.2, 0.25) is 0 Å². The molecule has 0 bridgehead atoms. The Hall–Kier alpha value is -1.10. The predicted octanol–water partition coefficient (Wildman–Crippen LogP) is -0.420. The molecular weight excluding hydrogens is 160 g/mol. The van der Waals surface area contributed by atoms with Crippen molar-refractivity contribution < 1.29 is 14.3 Å². The molecule has 0 atom stereocenters. The van der Waals surface area contributed by atoms with E-state index < -0.39 is 0 Å². The van der Waals surface area contributed by atoms with E-state index in [2.05, 4.69) is 10.9 Å². The first-order chi connectivity index (χ1) is 5.66. The molecule has 12 heavy (non-hydrogen) atoms. The highest BCUT2D eigenvalue weighted by Crippen LogP contribution is 1.79. The summed E-state index contributed by atoms with van der Waals surface area (Å²) < 4.78 is 4.72. The second-order valence-corrected chi connectivity index (χ2v) is 2.26. The molecule has 70 valence electrons. The van der Waals surface area contributed by atoms with Crippen LogP contribution < -0.4 is 10.9 Å². The summed E-state index contributed by atoms with van der Waals surface area (Å²) >= 11 is 0. The Kier molecular flexibility index (Phi) is 6.00.